The summed E-state index contributed by atoms with van der Waals surface area (Å²) in [6.07, 6.45) is 8.28. The molecule has 0 atom stereocenters. The predicted octanol–water partition coefficient (Wildman–Crippen LogP) is 5.17. The Morgan fingerprint density at radius 3 is 2.77 bits per heavy atom. The zero-order valence-electron chi connectivity index (χ0n) is 16.9. The van der Waals surface area contributed by atoms with E-state index in [9.17, 15) is 4.79 Å². The predicted molar refractivity (Wildman–Crippen MR) is 121 cm³/mol. The summed E-state index contributed by atoms with van der Waals surface area (Å²) >= 11 is 6.17. The van der Waals surface area contributed by atoms with Crippen molar-refractivity contribution in [3.05, 3.63) is 70.9 Å². The van der Waals surface area contributed by atoms with Crippen LogP contribution in [0, 0.1) is 0 Å². The van der Waals surface area contributed by atoms with Gasteiger partial charge >= 0.3 is 0 Å². The molecule has 0 radical (unpaired) electrons. The van der Waals surface area contributed by atoms with Crippen molar-refractivity contribution < 1.29 is 14.3 Å². The molecule has 1 aliphatic rings. The zero-order valence-corrected chi connectivity index (χ0v) is 17.7. The van der Waals surface area contributed by atoms with Gasteiger partial charge in [-0.3, -0.25) is 4.79 Å². The van der Waals surface area contributed by atoms with Crippen molar-refractivity contribution >= 4 is 40.1 Å². The number of carbonyl (C=O) groups excluding carboxylic acids is 1. The van der Waals surface area contributed by atoms with Crippen LogP contribution < -0.4 is 9.47 Å². The smallest absolute Gasteiger partial charge is 0.246 e. The minimum Gasteiger partial charge on any atom is -0.497 e. The maximum Gasteiger partial charge on any atom is 0.246 e. The first-order valence-electron chi connectivity index (χ1n) is 9.74. The van der Waals surface area contributed by atoms with Gasteiger partial charge in [0.05, 0.1) is 14.2 Å². The topological polar surface area (TPSA) is 54.6 Å². The lowest BCUT2D eigenvalue weighted by Gasteiger charge is -2.25. The molecule has 1 amide bonds. The number of nitrogens with zero attached hydrogens (tertiary/aromatic N) is 1. The summed E-state index contributed by atoms with van der Waals surface area (Å²) < 4.78 is 10.6. The number of amides is 1. The molecule has 154 valence electrons. The highest BCUT2D eigenvalue weighted by molar-refractivity contribution is 6.31. The molecule has 2 aromatic carbocycles. The number of methoxy groups -OCH3 is 2. The Morgan fingerprint density at radius 2 is 2.03 bits per heavy atom. The summed E-state index contributed by atoms with van der Waals surface area (Å²) in [4.78, 5) is 17.8. The largest absolute Gasteiger partial charge is 0.497 e. The molecule has 1 aromatic heterocycles. The molecular weight excluding hydrogens is 400 g/mol. The van der Waals surface area contributed by atoms with Crippen LogP contribution in [0.5, 0.6) is 11.5 Å². The molecule has 1 N–H and O–H groups in total. The third-order valence-electron chi connectivity index (χ3n) is 5.35. The molecule has 30 heavy (non-hydrogen) atoms. The molecule has 1 aliphatic heterocycles. The van der Waals surface area contributed by atoms with E-state index in [4.69, 9.17) is 21.1 Å². The standard InChI is InChI=1S/C24H23ClN2O3/c1-29-19-5-7-23(30-2)17(13-19)3-8-24(28)27-11-9-16(10-12-27)21-15-26-22-6-4-18(25)14-20(21)22/h3-9,13-15,26H,10-12H2,1-2H3/b8-3+. The van der Waals surface area contributed by atoms with Gasteiger partial charge in [0.15, 0.2) is 0 Å². The van der Waals surface area contributed by atoms with Gasteiger partial charge in [0, 0.05) is 52.4 Å². The van der Waals surface area contributed by atoms with Crippen LogP contribution in [-0.2, 0) is 4.79 Å². The second-order valence-corrected chi connectivity index (χ2v) is 7.53. The fourth-order valence-corrected chi connectivity index (χ4v) is 3.88. The second kappa shape index (κ2) is 8.67. The average molecular weight is 423 g/mol. The minimum absolute atomic E-state index is 0.0304. The van der Waals surface area contributed by atoms with Crippen molar-refractivity contribution in [3.63, 3.8) is 0 Å². The monoisotopic (exact) mass is 422 g/mol. The average Bonchev–Trinajstić information content (AvgIpc) is 3.20. The Balaban J connectivity index is 1.48. The molecule has 4 rings (SSSR count). The number of H-pyrrole nitrogens is 1. The van der Waals surface area contributed by atoms with Gasteiger partial charge in [-0.05, 0) is 54.5 Å². The first-order chi connectivity index (χ1) is 14.6. The quantitative estimate of drug-likeness (QED) is 0.577. The Hall–Kier alpha value is -3.18. The van der Waals surface area contributed by atoms with E-state index in [0.29, 0.717) is 24.6 Å². The summed E-state index contributed by atoms with van der Waals surface area (Å²) in [5.74, 6) is 1.38. The van der Waals surface area contributed by atoms with Crippen LogP contribution >= 0.6 is 11.6 Å². The van der Waals surface area contributed by atoms with Gasteiger partial charge in [-0.1, -0.05) is 17.7 Å². The molecule has 0 bridgehead atoms. The van der Waals surface area contributed by atoms with Crippen LogP contribution in [0.1, 0.15) is 17.5 Å². The first kappa shape index (κ1) is 20.1. The number of fused-ring (bicyclic) bond motifs is 1. The molecule has 2 heterocycles. The zero-order chi connectivity index (χ0) is 21.1. The molecule has 0 saturated heterocycles. The molecule has 0 spiro atoms. The molecule has 6 heteroatoms. The lowest BCUT2D eigenvalue weighted by atomic mass is 9.99. The first-order valence-corrected chi connectivity index (χ1v) is 10.1. The van der Waals surface area contributed by atoms with E-state index in [1.54, 1.807) is 26.4 Å². The third-order valence-corrected chi connectivity index (χ3v) is 5.59. The molecule has 5 nitrogen and oxygen atoms in total. The molecule has 0 aliphatic carbocycles. The lowest BCUT2D eigenvalue weighted by molar-refractivity contribution is -0.125. The van der Waals surface area contributed by atoms with Crippen LogP contribution in [0.4, 0.5) is 0 Å². The van der Waals surface area contributed by atoms with Crippen molar-refractivity contribution in [3.8, 4) is 11.5 Å². The van der Waals surface area contributed by atoms with E-state index in [-0.39, 0.29) is 5.91 Å². The Morgan fingerprint density at radius 1 is 1.17 bits per heavy atom. The fraction of sp³-hybridized carbons (Fsp3) is 0.208. The van der Waals surface area contributed by atoms with Gasteiger partial charge in [0.25, 0.3) is 0 Å². The van der Waals surface area contributed by atoms with E-state index in [2.05, 4.69) is 11.1 Å². The van der Waals surface area contributed by atoms with E-state index < -0.39 is 0 Å². The Labute approximate surface area is 180 Å². The summed E-state index contributed by atoms with van der Waals surface area (Å²) in [5, 5.41) is 1.83. The van der Waals surface area contributed by atoms with Crippen molar-refractivity contribution in [1.29, 1.82) is 0 Å². The number of halogens is 1. The van der Waals surface area contributed by atoms with Gasteiger partial charge in [-0.25, -0.2) is 0 Å². The lowest BCUT2D eigenvalue weighted by Crippen LogP contribution is -2.33. The minimum atomic E-state index is -0.0304. The second-order valence-electron chi connectivity index (χ2n) is 7.10. The Kier molecular flexibility index (Phi) is 5.81. The summed E-state index contributed by atoms with van der Waals surface area (Å²) in [7, 11) is 3.22. The number of aromatic nitrogens is 1. The van der Waals surface area contributed by atoms with Gasteiger partial charge < -0.3 is 19.4 Å². The van der Waals surface area contributed by atoms with Gasteiger partial charge in [0.1, 0.15) is 11.5 Å². The maximum atomic E-state index is 12.7. The van der Waals surface area contributed by atoms with Gasteiger partial charge in [-0.2, -0.15) is 0 Å². The number of benzene rings is 2. The summed E-state index contributed by atoms with van der Waals surface area (Å²) in [6, 6.07) is 11.3. The third kappa shape index (κ3) is 4.07. The van der Waals surface area contributed by atoms with Gasteiger partial charge in [-0.15, -0.1) is 0 Å². The van der Waals surface area contributed by atoms with E-state index >= 15 is 0 Å². The van der Waals surface area contributed by atoms with Crippen molar-refractivity contribution in [2.45, 2.75) is 6.42 Å². The SMILES string of the molecule is COc1ccc(OC)c(/C=C/C(=O)N2CC=C(c3c[nH]c4ccc(Cl)cc34)CC2)c1. The highest BCUT2D eigenvalue weighted by atomic mass is 35.5. The number of aromatic amines is 1. The van der Waals surface area contributed by atoms with Crippen LogP contribution in [-0.4, -0.2) is 43.1 Å². The number of hydrogen-bond donors (Lipinski definition) is 1. The molecular formula is C24H23ClN2O3. The molecule has 0 unspecified atom stereocenters. The molecule has 3 aromatic rings. The maximum absolute atomic E-state index is 12.7. The Bertz CT molecular complexity index is 1150. The van der Waals surface area contributed by atoms with Crippen LogP contribution in [0.25, 0.3) is 22.6 Å². The van der Waals surface area contributed by atoms with Crippen molar-refractivity contribution in [2.24, 2.45) is 0 Å². The van der Waals surface area contributed by atoms with Gasteiger partial charge in [0.2, 0.25) is 5.91 Å². The molecule has 0 saturated carbocycles. The highest BCUT2D eigenvalue weighted by Gasteiger charge is 2.18. The number of rotatable bonds is 5. The van der Waals surface area contributed by atoms with E-state index in [1.807, 2.05) is 47.5 Å². The fourth-order valence-electron chi connectivity index (χ4n) is 3.71. The number of carbonyl (C=O) groups is 1. The highest BCUT2D eigenvalue weighted by Crippen LogP contribution is 2.31. The summed E-state index contributed by atoms with van der Waals surface area (Å²) in [5.41, 5.74) is 4.24. The van der Waals surface area contributed by atoms with Crippen LogP contribution in [0.15, 0.2) is 54.7 Å². The van der Waals surface area contributed by atoms with Crippen molar-refractivity contribution in [1.82, 2.24) is 9.88 Å². The van der Waals surface area contributed by atoms with E-state index in [0.717, 1.165) is 33.5 Å². The molecule has 0 fully saturated rings. The number of hydrogen-bond acceptors (Lipinski definition) is 3. The van der Waals surface area contributed by atoms with E-state index in [1.165, 1.54) is 5.57 Å². The number of nitrogens with one attached hydrogen (secondary N) is 1. The number of ether oxygens (including phenoxy) is 2. The van der Waals surface area contributed by atoms with Crippen LogP contribution in [0.3, 0.4) is 0 Å². The summed E-state index contributed by atoms with van der Waals surface area (Å²) in [6.45, 7) is 1.23. The normalized spacial score (nSPS) is 14.2. The van der Waals surface area contributed by atoms with Crippen LogP contribution in [0.2, 0.25) is 5.02 Å². The van der Waals surface area contributed by atoms with Crippen molar-refractivity contribution in [2.75, 3.05) is 27.3 Å².